The van der Waals surface area contributed by atoms with Crippen LogP contribution in [0, 0.1) is 0 Å². The van der Waals surface area contributed by atoms with Gasteiger partial charge in [0.15, 0.2) is 0 Å². The van der Waals surface area contributed by atoms with Crippen molar-refractivity contribution in [3.05, 3.63) is 34.9 Å². The molecule has 1 aromatic carbocycles. The smallest absolute Gasteiger partial charge is 0.0496 e. The fourth-order valence-corrected chi connectivity index (χ4v) is 2.59. The average Bonchev–Trinajstić information content (AvgIpc) is 2.41. The van der Waals surface area contributed by atoms with E-state index in [0.717, 1.165) is 18.0 Å². The van der Waals surface area contributed by atoms with Crippen LogP contribution in [-0.2, 0) is 0 Å². The van der Waals surface area contributed by atoms with Gasteiger partial charge in [-0.15, -0.1) is 0 Å². The van der Waals surface area contributed by atoms with Crippen LogP contribution in [0.1, 0.15) is 51.1 Å². The van der Waals surface area contributed by atoms with Gasteiger partial charge in [0.1, 0.15) is 0 Å². The minimum atomic E-state index is 0.160. The quantitative estimate of drug-likeness (QED) is 0.723. The summed E-state index contributed by atoms with van der Waals surface area (Å²) in [4.78, 5) is 2.38. The largest absolute Gasteiger partial charge is 0.326 e. The van der Waals surface area contributed by atoms with Crippen molar-refractivity contribution in [3.8, 4) is 0 Å². The van der Waals surface area contributed by atoms with Crippen molar-refractivity contribution in [2.75, 3.05) is 13.6 Å². The van der Waals surface area contributed by atoms with Gasteiger partial charge in [-0.25, -0.2) is 0 Å². The third-order valence-electron chi connectivity index (χ3n) is 3.68. The molecule has 0 bridgehead atoms. The molecule has 3 heteroatoms. The molecule has 1 aromatic rings. The summed E-state index contributed by atoms with van der Waals surface area (Å²) in [6.07, 6.45) is 4.73. The summed E-state index contributed by atoms with van der Waals surface area (Å²) < 4.78 is 0. The molecule has 0 saturated carbocycles. The van der Waals surface area contributed by atoms with E-state index in [-0.39, 0.29) is 12.1 Å². The molecule has 0 saturated heterocycles. The van der Waals surface area contributed by atoms with E-state index in [9.17, 15) is 0 Å². The van der Waals surface area contributed by atoms with Crippen molar-refractivity contribution in [2.24, 2.45) is 5.73 Å². The number of likely N-dealkylation sites (N-methyl/N-ethyl adjacent to an activating group) is 1. The number of unbranched alkanes of at least 4 members (excludes halogenated alkanes) is 2. The van der Waals surface area contributed by atoms with Crippen molar-refractivity contribution < 1.29 is 0 Å². The lowest BCUT2D eigenvalue weighted by Crippen LogP contribution is -2.39. The number of nitrogens with two attached hydrogens (primary N) is 1. The van der Waals surface area contributed by atoms with Crippen molar-refractivity contribution in [3.63, 3.8) is 0 Å². The second-order valence-electron chi connectivity index (χ2n) is 5.26. The minimum Gasteiger partial charge on any atom is -0.326 e. The lowest BCUT2D eigenvalue weighted by Gasteiger charge is -2.33. The fraction of sp³-hybridized carbons (Fsp3) is 0.625. The van der Waals surface area contributed by atoms with Gasteiger partial charge in [0.2, 0.25) is 0 Å². The Morgan fingerprint density at radius 1 is 1.16 bits per heavy atom. The van der Waals surface area contributed by atoms with E-state index in [1.807, 2.05) is 12.1 Å². The van der Waals surface area contributed by atoms with Gasteiger partial charge in [0, 0.05) is 17.1 Å². The predicted molar refractivity (Wildman–Crippen MR) is 84.6 cm³/mol. The second kappa shape index (κ2) is 8.57. The van der Waals surface area contributed by atoms with Crippen LogP contribution in [0.25, 0.3) is 0 Å². The lowest BCUT2D eigenvalue weighted by atomic mass is 9.96. The molecule has 2 nitrogen and oxygen atoms in total. The highest BCUT2D eigenvalue weighted by molar-refractivity contribution is 6.30. The summed E-state index contributed by atoms with van der Waals surface area (Å²) in [7, 11) is 2.17. The Kier molecular flexibility index (Phi) is 7.44. The summed E-state index contributed by atoms with van der Waals surface area (Å²) in [5, 5.41) is 0.779. The molecule has 2 atom stereocenters. The Bertz CT molecular complexity index is 350. The van der Waals surface area contributed by atoms with Gasteiger partial charge in [-0.3, -0.25) is 4.90 Å². The number of hydrogen-bond acceptors (Lipinski definition) is 2. The van der Waals surface area contributed by atoms with E-state index in [1.165, 1.54) is 24.8 Å². The van der Waals surface area contributed by atoms with Gasteiger partial charge in [0.05, 0.1) is 0 Å². The molecule has 0 spiro atoms. The minimum absolute atomic E-state index is 0.160. The van der Waals surface area contributed by atoms with Crippen molar-refractivity contribution in [1.29, 1.82) is 0 Å². The predicted octanol–water partition coefficient (Wildman–Crippen LogP) is 4.24. The van der Waals surface area contributed by atoms with Crippen LogP contribution in [0.15, 0.2) is 24.3 Å². The average molecular weight is 283 g/mol. The Morgan fingerprint density at radius 3 is 2.32 bits per heavy atom. The van der Waals surface area contributed by atoms with Crippen LogP contribution in [0.2, 0.25) is 5.02 Å². The maximum absolute atomic E-state index is 6.32. The molecule has 1 rings (SSSR count). The standard InChI is InChI=1S/C16H27ClN2/c1-4-6-7-12-19(3)16(15(18)5-2)13-8-10-14(17)11-9-13/h8-11,15-16H,4-7,12,18H2,1-3H3. The SMILES string of the molecule is CCCCCN(C)C(c1ccc(Cl)cc1)C(N)CC. The Morgan fingerprint density at radius 2 is 1.79 bits per heavy atom. The molecule has 0 aliphatic rings. The van der Waals surface area contributed by atoms with Crippen LogP contribution in [0.3, 0.4) is 0 Å². The summed E-state index contributed by atoms with van der Waals surface area (Å²) in [5.74, 6) is 0. The van der Waals surface area contributed by atoms with Crippen molar-refractivity contribution in [2.45, 2.75) is 51.6 Å². The highest BCUT2D eigenvalue weighted by Gasteiger charge is 2.22. The molecule has 0 amide bonds. The van der Waals surface area contributed by atoms with E-state index in [0.29, 0.717) is 0 Å². The molecular weight excluding hydrogens is 256 g/mol. The van der Waals surface area contributed by atoms with Crippen LogP contribution in [0.4, 0.5) is 0 Å². The first kappa shape index (κ1) is 16.5. The van der Waals surface area contributed by atoms with Crippen LogP contribution >= 0.6 is 11.6 Å². The number of halogens is 1. The zero-order chi connectivity index (χ0) is 14.3. The maximum atomic E-state index is 6.32. The van der Waals surface area contributed by atoms with E-state index in [2.05, 4.69) is 37.9 Å². The number of benzene rings is 1. The van der Waals surface area contributed by atoms with Gasteiger partial charge >= 0.3 is 0 Å². The normalized spacial score (nSPS) is 14.6. The van der Waals surface area contributed by atoms with E-state index >= 15 is 0 Å². The summed E-state index contributed by atoms with van der Waals surface area (Å²) in [6, 6.07) is 8.53. The van der Waals surface area contributed by atoms with Crippen LogP contribution < -0.4 is 5.73 Å². The van der Waals surface area contributed by atoms with Gasteiger partial charge in [-0.2, -0.15) is 0 Å². The third kappa shape index (κ3) is 5.13. The molecule has 0 heterocycles. The molecule has 0 fully saturated rings. The third-order valence-corrected chi connectivity index (χ3v) is 3.93. The van der Waals surface area contributed by atoms with Crippen molar-refractivity contribution in [1.82, 2.24) is 4.90 Å². The first-order valence-electron chi connectivity index (χ1n) is 7.31. The van der Waals surface area contributed by atoms with Gasteiger partial charge in [0.25, 0.3) is 0 Å². The topological polar surface area (TPSA) is 29.3 Å². The number of nitrogens with zero attached hydrogens (tertiary/aromatic N) is 1. The summed E-state index contributed by atoms with van der Waals surface area (Å²) in [5.41, 5.74) is 7.58. The lowest BCUT2D eigenvalue weighted by molar-refractivity contribution is 0.206. The van der Waals surface area contributed by atoms with E-state index in [4.69, 9.17) is 17.3 Å². The number of hydrogen-bond donors (Lipinski definition) is 1. The van der Waals surface area contributed by atoms with Crippen LogP contribution in [-0.4, -0.2) is 24.5 Å². The van der Waals surface area contributed by atoms with E-state index in [1.54, 1.807) is 0 Å². The van der Waals surface area contributed by atoms with Crippen molar-refractivity contribution >= 4 is 11.6 Å². The Labute approximate surface area is 122 Å². The monoisotopic (exact) mass is 282 g/mol. The first-order chi connectivity index (χ1) is 9.10. The van der Waals surface area contributed by atoms with Crippen LogP contribution in [0.5, 0.6) is 0 Å². The zero-order valence-corrected chi connectivity index (χ0v) is 13.2. The first-order valence-corrected chi connectivity index (χ1v) is 7.69. The van der Waals surface area contributed by atoms with Gasteiger partial charge in [-0.05, 0) is 44.1 Å². The number of rotatable bonds is 8. The Balaban J connectivity index is 2.79. The molecule has 0 aromatic heterocycles. The molecule has 0 aliphatic heterocycles. The molecule has 2 N–H and O–H groups in total. The van der Waals surface area contributed by atoms with E-state index < -0.39 is 0 Å². The van der Waals surface area contributed by atoms with Gasteiger partial charge in [-0.1, -0.05) is 50.4 Å². The second-order valence-corrected chi connectivity index (χ2v) is 5.69. The molecule has 0 radical (unpaired) electrons. The highest BCUT2D eigenvalue weighted by Crippen LogP contribution is 2.25. The highest BCUT2D eigenvalue weighted by atomic mass is 35.5. The Hall–Kier alpha value is -0.570. The molecule has 19 heavy (non-hydrogen) atoms. The maximum Gasteiger partial charge on any atom is 0.0496 e. The molecule has 2 unspecified atom stereocenters. The molecule has 0 aliphatic carbocycles. The molecule has 108 valence electrons. The summed E-state index contributed by atoms with van der Waals surface area (Å²) >= 11 is 5.97. The fourth-order valence-electron chi connectivity index (χ4n) is 2.46. The summed E-state index contributed by atoms with van der Waals surface area (Å²) in [6.45, 7) is 5.47. The molecular formula is C16H27ClN2. The zero-order valence-electron chi connectivity index (χ0n) is 12.4. The van der Waals surface area contributed by atoms with Gasteiger partial charge < -0.3 is 5.73 Å².